The van der Waals surface area contributed by atoms with Gasteiger partial charge in [0.05, 0.1) is 18.3 Å². The highest BCUT2D eigenvalue weighted by atomic mass is 16.5. The maximum atomic E-state index is 11.0. The quantitative estimate of drug-likeness (QED) is 0.508. The molecule has 0 fully saturated rings. The van der Waals surface area contributed by atoms with E-state index in [9.17, 15) is 4.79 Å². The van der Waals surface area contributed by atoms with Crippen LogP contribution in [0.3, 0.4) is 0 Å². The Bertz CT molecular complexity index is 1320. The smallest absolute Gasteiger partial charge is 0.317 e. The third-order valence-electron chi connectivity index (χ3n) is 6.12. The van der Waals surface area contributed by atoms with Gasteiger partial charge in [-0.05, 0) is 62.1 Å². The van der Waals surface area contributed by atoms with Gasteiger partial charge in [-0.2, -0.15) is 10.1 Å². The first kappa shape index (κ1) is 20.4. The van der Waals surface area contributed by atoms with E-state index in [4.69, 9.17) is 9.63 Å². The van der Waals surface area contributed by atoms with Crippen molar-refractivity contribution in [2.45, 2.75) is 39.8 Å². The minimum Gasteiger partial charge on any atom is -0.480 e. The number of carbonyl (C=O) groups is 1. The Hall–Kier alpha value is -3.52. The highest BCUT2D eigenvalue weighted by Crippen LogP contribution is 2.32. The first-order valence-electron chi connectivity index (χ1n) is 10.8. The fourth-order valence-electron chi connectivity index (χ4n) is 4.52. The van der Waals surface area contributed by atoms with Gasteiger partial charge in [0.1, 0.15) is 0 Å². The van der Waals surface area contributed by atoms with Crippen LogP contribution in [0.25, 0.3) is 33.7 Å². The van der Waals surface area contributed by atoms with E-state index >= 15 is 0 Å². The van der Waals surface area contributed by atoms with E-state index in [1.165, 1.54) is 5.56 Å². The van der Waals surface area contributed by atoms with Crippen LogP contribution >= 0.6 is 0 Å². The second-order valence-corrected chi connectivity index (χ2v) is 8.61. The van der Waals surface area contributed by atoms with Crippen molar-refractivity contribution in [3.8, 4) is 22.8 Å². The number of rotatable bonds is 5. The third-order valence-corrected chi connectivity index (χ3v) is 6.12. The Labute approximate surface area is 185 Å². The van der Waals surface area contributed by atoms with Crippen molar-refractivity contribution in [3.05, 3.63) is 53.2 Å². The minimum atomic E-state index is -0.796. The van der Waals surface area contributed by atoms with Crippen molar-refractivity contribution in [2.24, 2.45) is 0 Å². The predicted octanol–water partition coefficient (Wildman–Crippen LogP) is 4.09. The van der Waals surface area contributed by atoms with Crippen LogP contribution in [0.4, 0.5) is 0 Å². The molecule has 5 rings (SSSR count). The van der Waals surface area contributed by atoms with Gasteiger partial charge >= 0.3 is 5.97 Å². The Balaban J connectivity index is 1.44. The van der Waals surface area contributed by atoms with Gasteiger partial charge in [0.15, 0.2) is 0 Å². The molecule has 8 nitrogen and oxygen atoms in total. The van der Waals surface area contributed by atoms with Crippen LogP contribution in [0.2, 0.25) is 0 Å². The third kappa shape index (κ3) is 3.56. The van der Waals surface area contributed by atoms with Crippen LogP contribution in [0.1, 0.15) is 36.6 Å². The largest absolute Gasteiger partial charge is 0.480 e. The molecule has 0 radical (unpaired) electrons. The number of carboxylic acids is 1. The van der Waals surface area contributed by atoms with Crippen molar-refractivity contribution in [3.63, 3.8) is 0 Å². The van der Waals surface area contributed by atoms with Crippen molar-refractivity contribution in [1.29, 1.82) is 0 Å². The maximum absolute atomic E-state index is 11.0. The summed E-state index contributed by atoms with van der Waals surface area (Å²) >= 11 is 0. The van der Waals surface area contributed by atoms with Gasteiger partial charge in [0.2, 0.25) is 5.82 Å². The molecule has 2 aromatic heterocycles. The van der Waals surface area contributed by atoms with E-state index in [0.29, 0.717) is 18.3 Å². The molecule has 0 spiro atoms. The Morgan fingerprint density at radius 2 is 2.09 bits per heavy atom. The molecule has 4 aromatic rings. The van der Waals surface area contributed by atoms with Gasteiger partial charge in [-0.1, -0.05) is 17.3 Å². The Morgan fingerprint density at radius 1 is 1.25 bits per heavy atom. The van der Waals surface area contributed by atoms with Gasteiger partial charge in [-0.15, -0.1) is 0 Å². The zero-order valence-corrected chi connectivity index (χ0v) is 18.4. The first-order valence-corrected chi connectivity index (χ1v) is 10.8. The summed E-state index contributed by atoms with van der Waals surface area (Å²) in [5, 5.41) is 18.8. The van der Waals surface area contributed by atoms with Crippen LogP contribution in [0, 0.1) is 6.92 Å². The summed E-state index contributed by atoms with van der Waals surface area (Å²) in [6.07, 6.45) is 2.67. The normalized spacial score (nSPS) is 14.2. The molecule has 1 N–H and O–H groups in total. The number of aliphatic carboxylic acids is 1. The summed E-state index contributed by atoms with van der Waals surface area (Å²) in [6, 6.07) is 10.4. The van der Waals surface area contributed by atoms with Crippen LogP contribution in [-0.2, 0) is 17.8 Å². The second-order valence-electron chi connectivity index (χ2n) is 8.61. The van der Waals surface area contributed by atoms with E-state index in [0.717, 1.165) is 46.1 Å². The lowest BCUT2D eigenvalue weighted by Gasteiger charge is -2.28. The molecule has 8 heteroatoms. The van der Waals surface area contributed by atoms with Crippen LogP contribution in [-0.4, -0.2) is 49.0 Å². The lowest BCUT2D eigenvalue weighted by molar-refractivity contribution is -0.138. The van der Waals surface area contributed by atoms with Gasteiger partial charge in [-0.3, -0.25) is 14.4 Å². The van der Waals surface area contributed by atoms with Crippen LogP contribution in [0.15, 0.2) is 41.1 Å². The first-order chi connectivity index (χ1) is 15.4. The number of hydrogen-bond acceptors (Lipinski definition) is 6. The van der Waals surface area contributed by atoms with Crippen molar-refractivity contribution in [2.75, 3.05) is 13.1 Å². The molecule has 0 unspecified atom stereocenters. The van der Waals surface area contributed by atoms with Crippen LogP contribution < -0.4 is 0 Å². The molecule has 0 bridgehead atoms. The second kappa shape index (κ2) is 7.87. The molecule has 32 heavy (non-hydrogen) atoms. The van der Waals surface area contributed by atoms with E-state index in [1.807, 2.05) is 46.1 Å². The Morgan fingerprint density at radius 3 is 2.88 bits per heavy atom. The average Bonchev–Trinajstić information content (AvgIpc) is 3.40. The fourth-order valence-corrected chi connectivity index (χ4v) is 4.52. The van der Waals surface area contributed by atoms with Crippen molar-refractivity contribution < 1.29 is 14.4 Å². The van der Waals surface area contributed by atoms with Gasteiger partial charge < -0.3 is 9.63 Å². The summed E-state index contributed by atoms with van der Waals surface area (Å²) in [6.45, 7) is 7.72. The summed E-state index contributed by atoms with van der Waals surface area (Å²) < 4.78 is 7.60. The Kier molecular flexibility index (Phi) is 5.01. The lowest BCUT2D eigenvalue weighted by atomic mass is 9.91. The summed E-state index contributed by atoms with van der Waals surface area (Å²) in [4.78, 5) is 17.7. The molecule has 0 saturated carbocycles. The SMILES string of the molecule is Cc1c(-c2noc(-c3ccc4c(cnn4C(C)C)c3)n2)ccc2c1CCN(CC(=O)O)C2. The zero-order valence-electron chi connectivity index (χ0n) is 18.4. The van der Waals surface area contributed by atoms with Crippen molar-refractivity contribution in [1.82, 2.24) is 24.8 Å². The summed E-state index contributed by atoms with van der Waals surface area (Å²) in [5.74, 6) is 0.242. The highest BCUT2D eigenvalue weighted by molar-refractivity contribution is 5.83. The molecule has 164 valence electrons. The van der Waals surface area contributed by atoms with Crippen molar-refractivity contribution >= 4 is 16.9 Å². The monoisotopic (exact) mass is 431 g/mol. The summed E-state index contributed by atoms with van der Waals surface area (Å²) in [7, 11) is 0. The molecule has 1 aliphatic rings. The maximum Gasteiger partial charge on any atom is 0.317 e. The molecule has 0 atom stereocenters. The van der Waals surface area contributed by atoms with Gasteiger partial charge in [0.25, 0.3) is 5.89 Å². The van der Waals surface area contributed by atoms with E-state index < -0.39 is 5.97 Å². The fraction of sp³-hybridized carbons (Fsp3) is 0.333. The van der Waals surface area contributed by atoms with E-state index in [2.05, 4.69) is 36.0 Å². The molecule has 1 aliphatic heterocycles. The predicted molar refractivity (Wildman–Crippen MR) is 120 cm³/mol. The number of fused-ring (bicyclic) bond motifs is 2. The van der Waals surface area contributed by atoms with Gasteiger partial charge in [0, 0.05) is 35.6 Å². The number of carboxylic acid groups (broad SMARTS) is 1. The topological polar surface area (TPSA) is 97.3 Å². The molecule has 0 saturated heterocycles. The highest BCUT2D eigenvalue weighted by Gasteiger charge is 2.22. The number of hydrogen-bond donors (Lipinski definition) is 1. The standard InChI is InChI=1S/C24H25N5O3/c1-14(2)29-21-7-5-16(10-18(21)11-25-29)24-26-23(27-32-24)20-6-4-17-12-28(13-22(30)31)9-8-19(17)15(20)3/h4-7,10-11,14H,8-9,12-13H2,1-3H3,(H,30,31). The zero-order chi connectivity index (χ0) is 22.4. The molecule has 0 amide bonds. The molecular formula is C24H25N5O3. The van der Waals surface area contributed by atoms with E-state index in [-0.39, 0.29) is 12.6 Å². The molecule has 2 aromatic carbocycles. The summed E-state index contributed by atoms with van der Waals surface area (Å²) in [5.41, 5.74) is 6.41. The van der Waals surface area contributed by atoms with E-state index in [1.54, 1.807) is 0 Å². The molecule has 0 aliphatic carbocycles. The number of nitrogens with zero attached hydrogens (tertiary/aromatic N) is 5. The van der Waals surface area contributed by atoms with Gasteiger partial charge in [-0.25, -0.2) is 0 Å². The minimum absolute atomic E-state index is 0.0643. The van der Waals surface area contributed by atoms with Crippen LogP contribution in [0.5, 0.6) is 0 Å². The average molecular weight is 431 g/mol. The molecular weight excluding hydrogens is 406 g/mol. The lowest BCUT2D eigenvalue weighted by Crippen LogP contribution is -2.35. The molecule has 3 heterocycles. The number of benzene rings is 2. The number of aromatic nitrogens is 4.